The highest BCUT2D eigenvalue weighted by Gasteiger charge is 2.14. The Hall–Kier alpha value is -2.51. The van der Waals surface area contributed by atoms with Crippen LogP contribution in [0.15, 0.2) is 53.4 Å². The molecule has 1 aromatic heterocycles. The van der Waals surface area contributed by atoms with Gasteiger partial charge in [-0.05, 0) is 36.1 Å². The zero-order chi connectivity index (χ0) is 20.1. The number of hydrogen-bond donors (Lipinski definition) is 2. The topological polar surface area (TPSA) is 87.7 Å². The lowest BCUT2D eigenvalue weighted by atomic mass is 10.0. The number of aromatic amines is 1. The second-order valence-electron chi connectivity index (χ2n) is 7.24. The predicted octanol–water partition coefficient (Wildman–Crippen LogP) is 3.35. The molecule has 0 unspecified atom stereocenters. The Morgan fingerprint density at radius 3 is 2.54 bits per heavy atom. The summed E-state index contributed by atoms with van der Waals surface area (Å²) in [6.45, 7) is 6.45. The van der Waals surface area contributed by atoms with Gasteiger partial charge in [0.1, 0.15) is 5.82 Å². The molecule has 0 aliphatic rings. The zero-order valence-corrected chi connectivity index (χ0v) is 17.3. The highest BCUT2D eigenvalue weighted by atomic mass is 32.2. The fraction of sp³-hybridized carbons (Fsp3) is 0.333. The number of aryl methyl sites for hydroxylation is 1. The molecule has 0 radical (unpaired) electrons. The second-order valence-corrected chi connectivity index (χ2v) is 9.00. The van der Waals surface area contributed by atoms with Crippen LogP contribution in [0.25, 0.3) is 0 Å². The molecule has 0 aliphatic heterocycles. The minimum atomic E-state index is -3.54. The van der Waals surface area contributed by atoms with E-state index in [0.29, 0.717) is 24.6 Å². The number of benzene rings is 2. The lowest BCUT2D eigenvalue weighted by molar-refractivity contribution is 0.581. The van der Waals surface area contributed by atoms with Crippen LogP contribution in [0.4, 0.5) is 0 Å². The molecule has 0 fully saturated rings. The molecule has 0 bridgehead atoms. The second kappa shape index (κ2) is 8.67. The van der Waals surface area contributed by atoms with Crippen LogP contribution in [0.2, 0.25) is 0 Å². The lowest BCUT2D eigenvalue weighted by Gasteiger charge is -2.08. The van der Waals surface area contributed by atoms with Crippen molar-refractivity contribution in [2.24, 2.45) is 0 Å². The summed E-state index contributed by atoms with van der Waals surface area (Å²) in [4.78, 5) is 4.73. The van der Waals surface area contributed by atoms with E-state index in [1.807, 2.05) is 24.3 Å². The van der Waals surface area contributed by atoms with Gasteiger partial charge in [0.15, 0.2) is 5.82 Å². The molecular weight excluding hydrogens is 372 g/mol. The lowest BCUT2D eigenvalue weighted by Crippen LogP contribution is -2.26. The quantitative estimate of drug-likeness (QED) is 0.609. The van der Waals surface area contributed by atoms with E-state index in [1.165, 1.54) is 5.56 Å². The normalized spacial score (nSPS) is 11.9. The summed E-state index contributed by atoms with van der Waals surface area (Å²) >= 11 is 0. The Balaban J connectivity index is 1.55. The average molecular weight is 399 g/mol. The number of nitrogens with one attached hydrogen (secondary N) is 2. The summed E-state index contributed by atoms with van der Waals surface area (Å²) in [5.41, 5.74) is 3.47. The molecule has 6 nitrogen and oxygen atoms in total. The van der Waals surface area contributed by atoms with Gasteiger partial charge in [-0.25, -0.2) is 18.1 Å². The molecule has 2 N–H and O–H groups in total. The van der Waals surface area contributed by atoms with Gasteiger partial charge >= 0.3 is 0 Å². The van der Waals surface area contributed by atoms with Gasteiger partial charge in [-0.2, -0.15) is 5.10 Å². The predicted molar refractivity (Wildman–Crippen MR) is 110 cm³/mol. The Bertz CT molecular complexity index is 1020. The third-order valence-corrected chi connectivity index (χ3v) is 6.01. The monoisotopic (exact) mass is 398 g/mol. The zero-order valence-electron chi connectivity index (χ0n) is 16.4. The van der Waals surface area contributed by atoms with Crippen molar-refractivity contribution in [2.75, 3.05) is 6.54 Å². The molecular formula is C21H26N4O2S. The molecule has 0 atom stereocenters. The molecule has 3 rings (SSSR count). The summed E-state index contributed by atoms with van der Waals surface area (Å²) in [5, 5.41) is 7.12. The molecule has 0 aliphatic carbocycles. The van der Waals surface area contributed by atoms with E-state index >= 15 is 0 Å². The molecule has 0 saturated carbocycles. The van der Waals surface area contributed by atoms with E-state index < -0.39 is 10.0 Å². The van der Waals surface area contributed by atoms with Crippen molar-refractivity contribution in [3.63, 3.8) is 0 Å². The summed E-state index contributed by atoms with van der Waals surface area (Å²) in [5.74, 6) is 1.73. The molecule has 1 heterocycles. The molecule has 28 heavy (non-hydrogen) atoms. The van der Waals surface area contributed by atoms with E-state index in [9.17, 15) is 8.42 Å². The van der Waals surface area contributed by atoms with Crippen molar-refractivity contribution in [3.05, 3.63) is 76.9 Å². The molecule has 0 spiro atoms. The molecule has 3 aromatic rings. The maximum Gasteiger partial charge on any atom is 0.240 e. The highest BCUT2D eigenvalue weighted by molar-refractivity contribution is 7.89. The number of aromatic nitrogens is 3. The maximum absolute atomic E-state index is 12.4. The SMILES string of the molecule is Cc1cccc(Cc2nc(CCNS(=O)(=O)c3ccc(C(C)C)cc3)n[nH]2)c1. The van der Waals surface area contributed by atoms with Crippen molar-refractivity contribution in [1.29, 1.82) is 0 Å². The fourth-order valence-corrected chi connectivity index (χ4v) is 3.99. The Labute approximate surface area is 166 Å². The first-order valence-corrected chi connectivity index (χ1v) is 10.9. The number of rotatable bonds is 8. The first kappa shape index (κ1) is 20.2. The van der Waals surface area contributed by atoms with E-state index in [4.69, 9.17) is 0 Å². The van der Waals surface area contributed by atoms with Gasteiger partial charge < -0.3 is 0 Å². The first-order chi connectivity index (χ1) is 13.3. The van der Waals surface area contributed by atoms with Gasteiger partial charge in [-0.3, -0.25) is 5.10 Å². The van der Waals surface area contributed by atoms with Gasteiger partial charge in [-0.15, -0.1) is 0 Å². The van der Waals surface area contributed by atoms with Crippen LogP contribution in [-0.2, 0) is 22.9 Å². The van der Waals surface area contributed by atoms with Gasteiger partial charge in [-0.1, -0.05) is 55.8 Å². The van der Waals surface area contributed by atoms with Crippen molar-refractivity contribution >= 4 is 10.0 Å². The number of hydrogen-bond acceptors (Lipinski definition) is 4. The molecule has 0 amide bonds. The maximum atomic E-state index is 12.4. The third-order valence-electron chi connectivity index (χ3n) is 4.53. The third kappa shape index (κ3) is 5.27. The van der Waals surface area contributed by atoms with Gasteiger partial charge in [0.05, 0.1) is 4.90 Å². The first-order valence-electron chi connectivity index (χ1n) is 9.39. The molecule has 0 saturated heterocycles. The van der Waals surface area contributed by atoms with Crippen LogP contribution in [0.5, 0.6) is 0 Å². The van der Waals surface area contributed by atoms with Crippen LogP contribution in [-0.4, -0.2) is 30.1 Å². The van der Waals surface area contributed by atoms with Gasteiger partial charge in [0.25, 0.3) is 0 Å². The minimum absolute atomic E-state index is 0.246. The molecule has 2 aromatic carbocycles. The van der Waals surface area contributed by atoms with Crippen LogP contribution in [0, 0.1) is 6.92 Å². The molecule has 148 valence electrons. The Morgan fingerprint density at radius 2 is 1.86 bits per heavy atom. The standard InChI is InChI=1S/C21H26N4O2S/c1-15(2)18-7-9-19(10-8-18)28(26,27)22-12-11-20-23-21(25-24-20)14-17-6-4-5-16(3)13-17/h4-10,13,15,22H,11-12,14H2,1-3H3,(H,23,24,25). The summed E-state index contributed by atoms with van der Waals surface area (Å²) < 4.78 is 27.5. The van der Waals surface area contributed by atoms with Crippen LogP contribution in [0.3, 0.4) is 0 Å². The van der Waals surface area contributed by atoms with Gasteiger partial charge in [0, 0.05) is 19.4 Å². The van der Waals surface area contributed by atoms with Crippen molar-refractivity contribution in [1.82, 2.24) is 19.9 Å². The molecule has 7 heteroatoms. The van der Waals surface area contributed by atoms with E-state index in [0.717, 1.165) is 17.0 Å². The van der Waals surface area contributed by atoms with E-state index in [2.05, 4.69) is 52.8 Å². The van der Waals surface area contributed by atoms with E-state index in [-0.39, 0.29) is 11.4 Å². The summed E-state index contributed by atoms with van der Waals surface area (Å²) in [6.07, 6.45) is 1.09. The van der Waals surface area contributed by atoms with Crippen molar-refractivity contribution in [3.8, 4) is 0 Å². The average Bonchev–Trinajstić information content (AvgIpc) is 3.09. The van der Waals surface area contributed by atoms with Crippen molar-refractivity contribution < 1.29 is 8.42 Å². The largest absolute Gasteiger partial charge is 0.263 e. The number of nitrogens with zero attached hydrogens (tertiary/aromatic N) is 2. The number of sulfonamides is 1. The van der Waals surface area contributed by atoms with Crippen LogP contribution >= 0.6 is 0 Å². The Kier molecular flexibility index (Phi) is 6.26. The highest BCUT2D eigenvalue weighted by Crippen LogP contribution is 2.17. The summed E-state index contributed by atoms with van der Waals surface area (Å²) in [7, 11) is -3.54. The fourth-order valence-electron chi connectivity index (χ4n) is 2.95. The minimum Gasteiger partial charge on any atom is -0.263 e. The number of H-pyrrole nitrogens is 1. The van der Waals surface area contributed by atoms with Crippen molar-refractivity contribution in [2.45, 2.75) is 44.4 Å². The van der Waals surface area contributed by atoms with E-state index in [1.54, 1.807) is 12.1 Å². The van der Waals surface area contributed by atoms with Crippen LogP contribution < -0.4 is 4.72 Å². The van der Waals surface area contributed by atoms with Gasteiger partial charge in [0.2, 0.25) is 10.0 Å². The summed E-state index contributed by atoms with van der Waals surface area (Å²) in [6, 6.07) is 15.2. The smallest absolute Gasteiger partial charge is 0.240 e. The van der Waals surface area contributed by atoms with Crippen LogP contribution in [0.1, 0.15) is 48.1 Å². The Morgan fingerprint density at radius 1 is 1.11 bits per heavy atom.